The summed E-state index contributed by atoms with van der Waals surface area (Å²) in [6, 6.07) is 6.61. The molecule has 1 aromatic rings. The van der Waals surface area contributed by atoms with Gasteiger partial charge in [-0.05, 0) is 37.0 Å². The van der Waals surface area contributed by atoms with Crippen LogP contribution in [0.25, 0.3) is 0 Å². The molecule has 0 N–H and O–H groups in total. The van der Waals surface area contributed by atoms with E-state index in [1.807, 2.05) is 12.1 Å². The first-order chi connectivity index (χ1) is 7.69. The maximum absolute atomic E-state index is 8.79. The summed E-state index contributed by atoms with van der Waals surface area (Å²) in [5.41, 5.74) is 1.70. The number of nitriles is 1. The van der Waals surface area contributed by atoms with Crippen molar-refractivity contribution in [1.29, 1.82) is 5.26 Å². The molecule has 0 amide bonds. The Morgan fingerprint density at radius 3 is 3.00 bits per heavy atom. The van der Waals surface area contributed by atoms with Crippen LogP contribution in [0.5, 0.6) is 0 Å². The molecule has 1 fully saturated rings. The zero-order valence-corrected chi connectivity index (χ0v) is 9.85. The molecule has 2 atom stereocenters. The van der Waals surface area contributed by atoms with Crippen LogP contribution in [0.2, 0.25) is 0 Å². The summed E-state index contributed by atoms with van der Waals surface area (Å²) in [4.78, 5) is 6.46. The number of nitrogens with zero attached hydrogens (tertiary/aromatic N) is 3. The monoisotopic (exact) mass is 215 g/mol. The largest absolute Gasteiger partial charge is 0.296 e. The van der Waals surface area contributed by atoms with Gasteiger partial charge in [0, 0.05) is 25.3 Å². The van der Waals surface area contributed by atoms with Crippen molar-refractivity contribution in [2.24, 2.45) is 5.92 Å². The fourth-order valence-electron chi connectivity index (χ4n) is 2.47. The quantitative estimate of drug-likeness (QED) is 0.759. The van der Waals surface area contributed by atoms with E-state index in [1.54, 1.807) is 6.20 Å². The number of likely N-dealkylation sites (tertiary alicyclic amines) is 1. The summed E-state index contributed by atoms with van der Waals surface area (Å²) in [7, 11) is 0. The molecule has 2 rings (SSSR count). The molecule has 84 valence electrons. The standard InChI is InChI=1S/C13H17N3/c1-10-5-11(2)16(8-10)9-12-3-4-15-13(6-12)7-14/h3-4,6,10-11H,5,8-9H2,1-2H3. The van der Waals surface area contributed by atoms with Gasteiger partial charge >= 0.3 is 0 Å². The molecule has 1 aliphatic rings. The average Bonchev–Trinajstić information content (AvgIpc) is 2.58. The molecule has 0 spiro atoms. The molecule has 1 aliphatic heterocycles. The van der Waals surface area contributed by atoms with Gasteiger partial charge in [-0.3, -0.25) is 4.90 Å². The van der Waals surface area contributed by atoms with Crippen LogP contribution in [0.1, 0.15) is 31.5 Å². The SMILES string of the molecule is CC1CC(C)N(Cc2ccnc(C#N)c2)C1. The van der Waals surface area contributed by atoms with Crippen LogP contribution >= 0.6 is 0 Å². The first kappa shape index (κ1) is 11.1. The lowest BCUT2D eigenvalue weighted by Gasteiger charge is -2.20. The molecule has 16 heavy (non-hydrogen) atoms. The van der Waals surface area contributed by atoms with E-state index in [9.17, 15) is 0 Å². The minimum absolute atomic E-state index is 0.511. The van der Waals surface area contributed by atoms with Crippen LogP contribution in [-0.4, -0.2) is 22.5 Å². The number of pyridine rings is 1. The Bertz CT molecular complexity index is 408. The van der Waals surface area contributed by atoms with Gasteiger partial charge in [0.05, 0.1) is 0 Å². The highest BCUT2D eigenvalue weighted by molar-refractivity contribution is 5.25. The van der Waals surface area contributed by atoms with E-state index in [2.05, 4.69) is 29.8 Å². The van der Waals surface area contributed by atoms with E-state index >= 15 is 0 Å². The van der Waals surface area contributed by atoms with E-state index in [0.29, 0.717) is 11.7 Å². The lowest BCUT2D eigenvalue weighted by molar-refractivity contribution is 0.256. The van der Waals surface area contributed by atoms with Gasteiger partial charge in [0.2, 0.25) is 0 Å². The van der Waals surface area contributed by atoms with Crippen molar-refractivity contribution in [2.75, 3.05) is 6.54 Å². The van der Waals surface area contributed by atoms with Crippen molar-refractivity contribution in [1.82, 2.24) is 9.88 Å². The van der Waals surface area contributed by atoms with Crippen LogP contribution in [0.4, 0.5) is 0 Å². The minimum Gasteiger partial charge on any atom is -0.296 e. The molecule has 3 heteroatoms. The molecule has 0 aromatic carbocycles. The second kappa shape index (κ2) is 4.63. The molecule has 0 aliphatic carbocycles. The van der Waals surface area contributed by atoms with E-state index in [-0.39, 0.29) is 0 Å². The van der Waals surface area contributed by atoms with Crippen LogP contribution in [0, 0.1) is 17.2 Å². The Hall–Kier alpha value is -1.40. The van der Waals surface area contributed by atoms with Crippen LogP contribution in [0.15, 0.2) is 18.3 Å². The third kappa shape index (κ3) is 2.40. The van der Waals surface area contributed by atoms with Gasteiger partial charge in [-0.15, -0.1) is 0 Å². The zero-order chi connectivity index (χ0) is 11.5. The topological polar surface area (TPSA) is 39.9 Å². The number of rotatable bonds is 2. The van der Waals surface area contributed by atoms with Gasteiger partial charge in [-0.25, -0.2) is 4.98 Å². The van der Waals surface area contributed by atoms with Gasteiger partial charge in [0.1, 0.15) is 11.8 Å². The summed E-state index contributed by atoms with van der Waals surface area (Å²) in [6.07, 6.45) is 2.99. The minimum atomic E-state index is 0.511. The lowest BCUT2D eigenvalue weighted by atomic mass is 10.1. The van der Waals surface area contributed by atoms with Crippen LogP contribution in [0.3, 0.4) is 0 Å². The lowest BCUT2D eigenvalue weighted by Crippen LogP contribution is -2.26. The third-order valence-corrected chi connectivity index (χ3v) is 3.24. The van der Waals surface area contributed by atoms with Crippen molar-refractivity contribution in [3.63, 3.8) is 0 Å². The van der Waals surface area contributed by atoms with Crippen LogP contribution < -0.4 is 0 Å². The van der Waals surface area contributed by atoms with Crippen molar-refractivity contribution in [3.05, 3.63) is 29.6 Å². The molecule has 2 heterocycles. The van der Waals surface area contributed by atoms with E-state index < -0.39 is 0 Å². The summed E-state index contributed by atoms with van der Waals surface area (Å²) in [6.45, 7) is 6.66. The normalized spacial score (nSPS) is 25.6. The Morgan fingerprint density at radius 2 is 2.38 bits per heavy atom. The second-order valence-corrected chi connectivity index (χ2v) is 4.78. The molecule has 0 bridgehead atoms. The Kier molecular flexibility index (Phi) is 3.21. The highest BCUT2D eigenvalue weighted by atomic mass is 15.2. The first-order valence-electron chi connectivity index (χ1n) is 5.78. The average molecular weight is 215 g/mol. The number of hydrogen-bond donors (Lipinski definition) is 0. The predicted octanol–water partition coefficient (Wildman–Crippen LogP) is 2.18. The highest BCUT2D eigenvalue weighted by Crippen LogP contribution is 2.24. The van der Waals surface area contributed by atoms with Gasteiger partial charge in [0.25, 0.3) is 0 Å². The summed E-state index contributed by atoms with van der Waals surface area (Å²) in [5, 5.41) is 8.79. The van der Waals surface area contributed by atoms with Gasteiger partial charge in [-0.1, -0.05) is 6.92 Å². The molecular weight excluding hydrogens is 198 g/mol. The van der Waals surface area contributed by atoms with Gasteiger partial charge in [0.15, 0.2) is 0 Å². The number of aromatic nitrogens is 1. The van der Waals surface area contributed by atoms with Crippen molar-refractivity contribution < 1.29 is 0 Å². The summed E-state index contributed by atoms with van der Waals surface area (Å²) in [5.74, 6) is 0.785. The van der Waals surface area contributed by atoms with Crippen molar-refractivity contribution >= 4 is 0 Å². The van der Waals surface area contributed by atoms with E-state index in [1.165, 1.54) is 12.0 Å². The Labute approximate surface area is 96.7 Å². The van der Waals surface area contributed by atoms with E-state index in [4.69, 9.17) is 5.26 Å². The van der Waals surface area contributed by atoms with Crippen LogP contribution in [-0.2, 0) is 6.54 Å². The Balaban J connectivity index is 2.06. The fraction of sp³-hybridized carbons (Fsp3) is 0.538. The maximum Gasteiger partial charge on any atom is 0.140 e. The Morgan fingerprint density at radius 1 is 1.56 bits per heavy atom. The van der Waals surface area contributed by atoms with Crippen molar-refractivity contribution in [2.45, 2.75) is 32.9 Å². The third-order valence-electron chi connectivity index (χ3n) is 3.24. The first-order valence-corrected chi connectivity index (χ1v) is 5.78. The molecular formula is C13H17N3. The summed E-state index contributed by atoms with van der Waals surface area (Å²) < 4.78 is 0. The number of hydrogen-bond acceptors (Lipinski definition) is 3. The molecule has 0 radical (unpaired) electrons. The second-order valence-electron chi connectivity index (χ2n) is 4.78. The zero-order valence-electron chi connectivity index (χ0n) is 9.85. The molecule has 3 nitrogen and oxygen atoms in total. The predicted molar refractivity (Wildman–Crippen MR) is 62.6 cm³/mol. The molecule has 1 aromatic heterocycles. The highest BCUT2D eigenvalue weighted by Gasteiger charge is 2.25. The van der Waals surface area contributed by atoms with Gasteiger partial charge < -0.3 is 0 Å². The summed E-state index contributed by atoms with van der Waals surface area (Å²) >= 11 is 0. The maximum atomic E-state index is 8.79. The van der Waals surface area contributed by atoms with E-state index in [0.717, 1.165) is 19.0 Å². The molecule has 0 saturated carbocycles. The van der Waals surface area contributed by atoms with Gasteiger partial charge in [-0.2, -0.15) is 5.26 Å². The molecule has 2 unspecified atom stereocenters. The van der Waals surface area contributed by atoms with Crippen molar-refractivity contribution in [3.8, 4) is 6.07 Å². The fourth-order valence-corrected chi connectivity index (χ4v) is 2.47. The molecule has 1 saturated heterocycles. The smallest absolute Gasteiger partial charge is 0.140 e.